The molecule has 0 aliphatic rings. The third-order valence-corrected chi connectivity index (χ3v) is 2.09. The number of hydrogen-bond donors (Lipinski definition) is 2. The van der Waals surface area contributed by atoms with Crippen LogP contribution in [0.25, 0.3) is 0 Å². The van der Waals surface area contributed by atoms with Gasteiger partial charge in [0.25, 0.3) is 0 Å². The molecule has 0 saturated carbocycles. The van der Waals surface area contributed by atoms with E-state index in [1.165, 1.54) is 12.8 Å². The Labute approximate surface area is 69.8 Å². The zero-order valence-electron chi connectivity index (χ0n) is 7.58. The van der Waals surface area contributed by atoms with Gasteiger partial charge in [-0.1, -0.05) is 39.5 Å². The van der Waals surface area contributed by atoms with Crippen LogP contribution in [0.1, 0.15) is 39.5 Å². The summed E-state index contributed by atoms with van der Waals surface area (Å²) in [6, 6.07) is 0. The van der Waals surface area contributed by atoms with Crippen molar-refractivity contribution in [2.24, 2.45) is 5.92 Å². The lowest BCUT2D eigenvalue weighted by Crippen LogP contribution is -2.16. The minimum absolute atomic E-state index is 0.495. The predicted molar refractivity (Wildman–Crippen MR) is 48.3 cm³/mol. The van der Waals surface area contributed by atoms with Crippen LogP contribution in [0.15, 0.2) is 0 Å². The lowest BCUT2D eigenvalue weighted by molar-refractivity contribution is 0.373. The first-order valence-electron chi connectivity index (χ1n) is 4.56. The van der Waals surface area contributed by atoms with E-state index in [-0.39, 0.29) is 0 Å². The highest BCUT2D eigenvalue weighted by atomic mass is 16.4. The highest BCUT2D eigenvalue weighted by Gasteiger charge is 2.14. The SMILES string of the molecule is CCCCC(CC)CB(O)O. The average molecular weight is 158 g/mol. The van der Waals surface area contributed by atoms with Crippen molar-refractivity contribution in [2.45, 2.75) is 45.9 Å². The molecule has 0 fully saturated rings. The molecule has 11 heavy (non-hydrogen) atoms. The van der Waals surface area contributed by atoms with Crippen LogP contribution in [0.3, 0.4) is 0 Å². The number of unbranched alkanes of at least 4 members (excludes halogenated alkanes) is 1. The van der Waals surface area contributed by atoms with Crippen molar-refractivity contribution >= 4 is 7.12 Å². The molecule has 0 bridgehead atoms. The molecular formula is C8H19BO2. The summed E-state index contributed by atoms with van der Waals surface area (Å²) >= 11 is 0. The van der Waals surface area contributed by atoms with Crippen LogP contribution in [0.4, 0.5) is 0 Å². The van der Waals surface area contributed by atoms with Gasteiger partial charge < -0.3 is 10.0 Å². The van der Waals surface area contributed by atoms with E-state index in [9.17, 15) is 0 Å². The quantitative estimate of drug-likeness (QED) is 0.577. The van der Waals surface area contributed by atoms with E-state index in [1.807, 2.05) is 0 Å². The summed E-state index contributed by atoms with van der Waals surface area (Å²) in [4.78, 5) is 0. The Balaban J connectivity index is 3.41. The molecule has 0 amide bonds. The molecule has 0 aromatic rings. The highest BCUT2D eigenvalue weighted by molar-refractivity contribution is 6.41. The van der Waals surface area contributed by atoms with Crippen molar-refractivity contribution < 1.29 is 10.0 Å². The Bertz CT molecular complexity index is 86.2. The fourth-order valence-corrected chi connectivity index (χ4v) is 1.28. The Hall–Kier alpha value is -0.0151. The summed E-state index contributed by atoms with van der Waals surface area (Å²) in [5.74, 6) is 0.495. The number of rotatable bonds is 6. The molecular weight excluding hydrogens is 139 g/mol. The normalized spacial score (nSPS) is 13.1. The molecule has 66 valence electrons. The molecule has 0 radical (unpaired) electrons. The second-order valence-electron chi connectivity index (χ2n) is 3.13. The third kappa shape index (κ3) is 6.39. The van der Waals surface area contributed by atoms with Gasteiger partial charge in [-0.15, -0.1) is 0 Å². The maximum Gasteiger partial charge on any atom is 0.451 e. The molecule has 1 atom stereocenters. The second-order valence-corrected chi connectivity index (χ2v) is 3.13. The maximum absolute atomic E-state index is 8.71. The van der Waals surface area contributed by atoms with Gasteiger partial charge in [0.05, 0.1) is 0 Å². The van der Waals surface area contributed by atoms with Crippen LogP contribution in [-0.4, -0.2) is 17.2 Å². The fraction of sp³-hybridized carbons (Fsp3) is 1.00. The van der Waals surface area contributed by atoms with Crippen LogP contribution in [0.2, 0.25) is 6.32 Å². The van der Waals surface area contributed by atoms with Crippen LogP contribution in [0, 0.1) is 5.92 Å². The zero-order chi connectivity index (χ0) is 8.69. The molecule has 0 spiro atoms. The van der Waals surface area contributed by atoms with Gasteiger partial charge in [-0.2, -0.15) is 0 Å². The Morgan fingerprint density at radius 1 is 1.27 bits per heavy atom. The Morgan fingerprint density at radius 2 is 1.91 bits per heavy atom. The molecule has 1 unspecified atom stereocenters. The first-order valence-corrected chi connectivity index (χ1v) is 4.56. The van der Waals surface area contributed by atoms with Gasteiger partial charge in [0.15, 0.2) is 0 Å². The molecule has 0 heterocycles. The van der Waals surface area contributed by atoms with Crippen LogP contribution in [-0.2, 0) is 0 Å². The maximum atomic E-state index is 8.71. The molecule has 0 aromatic carbocycles. The summed E-state index contributed by atoms with van der Waals surface area (Å²) in [7, 11) is -1.11. The van der Waals surface area contributed by atoms with Gasteiger partial charge in [-0.3, -0.25) is 0 Å². The second kappa shape index (κ2) is 6.68. The molecule has 2 nitrogen and oxygen atoms in total. The summed E-state index contributed by atoms with van der Waals surface area (Å²) in [6.07, 6.45) is 5.11. The molecule has 3 heteroatoms. The van der Waals surface area contributed by atoms with Crippen LogP contribution >= 0.6 is 0 Å². The first kappa shape index (κ1) is 11.0. The van der Waals surface area contributed by atoms with Gasteiger partial charge >= 0.3 is 7.12 Å². The summed E-state index contributed by atoms with van der Waals surface area (Å²) in [5.41, 5.74) is 0. The van der Waals surface area contributed by atoms with Gasteiger partial charge in [0, 0.05) is 0 Å². The molecule has 0 aliphatic heterocycles. The van der Waals surface area contributed by atoms with Crippen molar-refractivity contribution in [2.75, 3.05) is 0 Å². The standard InChI is InChI=1S/C8H19BO2/c1-3-5-6-8(4-2)7-9(10)11/h8,10-11H,3-7H2,1-2H3. The van der Waals surface area contributed by atoms with Crippen molar-refractivity contribution in [1.29, 1.82) is 0 Å². The summed E-state index contributed by atoms with van der Waals surface area (Å²) in [6.45, 7) is 4.25. The van der Waals surface area contributed by atoms with E-state index in [0.717, 1.165) is 12.8 Å². The van der Waals surface area contributed by atoms with Crippen molar-refractivity contribution in [3.63, 3.8) is 0 Å². The van der Waals surface area contributed by atoms with E-state index in [4.69, 9.17) is 10.0 Å². The lowest BCUT2D eigenvalue weighted by Gasteiger charge is -2.12. The van der Waals surface area contributed by atoms with E-state index in [2.05, 4.69) is 13.8 Å². The summed E-state index contributed by atoms with van der Waals surface area (Å²) in [5, 5.41) is 17.4. The van der Waals surface area contributed by atoms with E-state index in [0.29, 0.717) is 12.2 Å². The average Bonchev–Trinajstić information content (AvgIpc) is 1.97. The largest absolute Gasteiger partial charge is 0.451 e. The monoisotopic (exact) mass is 158 g/mol. The van der Waals surface area contributed by atoms with E-state index >= 15 is 0 Å². The molecule has 2 N–H and O–H groups in total. The molecule has 0 aliphatic carbocycles. The van der Waals surface area contributed by atoms with Gasteiger partial charge in [0.1, 0.15) is 0 Å². The zero-order valence-corrected chi connectivity index (χ0v) is 7.58. The van der Waals surface area contributed by atoms with Crippen LogP contribution < -0.4 is 0 Å². The van der Waals surface area contributed by atoms with Gasteiger partial charge in [0.2, 0.25) is 0 Å². The number of hydrogen-bond acceptors (Lipinski definition) is 2. The van der Waals surface area contributed by atoms with Crippen LogP contribution in [0.5, 0.6) is 0 Å². The molecule has 0 saturated heterocycles. The van der Waals surface area contributed by atoms with E-state index < -0.39 is 7.12 Å². The van der Waals surface area contributed by atoms with Gasteiger partial charge in [-0.25, -0.2) is 0 Å². The van der Waals surface area contributed by atoms with E-state index in [1.54, 1.807) is 0 Å². The van der Waals surface area contributed by atoms with Crippen molar-refractivity contribution in [1.82, 2.24) is 0 Å². The topological polar surface area (TPSA) is 40.5 Å². The smallest absolute Gasteiger partial charge is 0.427 e. The lowest BCUT2D eigenvalue weighted by atomic mass is 9.75. The Morgan fingerprint density at radius 3 is 2.27 bits per heavy atom. The van der Waals surface area contributed by atoms with Crippen molar-refractivity contribution in [3.05, 3.63) is 0 Å². The fourth-order valence-electron chi connectivity index (χ4n) is 1.28. The van der Waals surface area contributed by atoms with Gasteiger partial charge in [-0.05, 0) is 12.2 Å². The highest BCUT2D eigenvalue weighted by Crippen LogP contribution is 2.17. The summed E-state index contributed by atoms with van der Waals surface area (Å²) < 4.78 is 0. The molecule has 0 rings (SSSR count). The minimum atomic E-state index is -1.11. The Kier molecular flexibility index (Phi) is 6.67. The molecule has 0 aromatic heterocycles. The third-order valence-electron chi connectivity index (χ3n) is 2.09. The van der Waals surface area contributed by atoms with Crippen molar-refractivity contribution in [3.8, 4) is 0 Å². The first-order chi connectivity index (χ1) is 5.20. The minimum Gasteiger partial charge on any atom is -0.427 e. The predicted octanol–water partition coefficient (Wildman–Crippen LogP) is 1.68.